The van der Waals surface area contributed by atoms with Crippen LogP contribution in [0, 0.1) is 5.82 Å². The standard InChI is InChI=1S/C18H18FN3O6S/c1-22(29(26,27)15-9-7-14(19)8-10-15)11-17(24)28-12-16(23)20-21-18(25)13-5-3-2-4-6-13/h2-10H,11-12H2,1H3,(H,20,23)(H,21,25). The van der Waals surface area contributed by atoms with E-state index in [4.69, 9.17) is 4.74 Å². The van der Waals surface area contributed by atoms with Gasteiger partial charge in [-0.25, -0.2) is 12.8 Å². The van der Waals surface area contributed by atoms with Crippen LogP contribution >= 0.6 is 0 Å². The molecule has 154 valence electrons. The van der Waals surface area contributed by atoms with Gasteiger partial charge in [-0.05, 0) is 36.4 Å². The number of sulfonamides is 1. The first-order valence-corrected chi connectivity index (χ1v) is 9.66. The second-order valence-corrected chi connectivity index (χ2v) is 7.79. The lowest BCUT2D eigenvalue weighted by molar-refractivity contribution is -0.148. The third-order valence-corrected chi connectivity index (χ3v) is 5.41. The molecular weight excluding hydrogens is 405 g/mol. The Bertz CT molecular complexity index is 980. The minimum atomic E-state index is -4.03. The number of hydrazine groups is 1. The van der Waals surface area contributed by atoms with E-state index in [9.17, 15) is 27.2 Å². The third kappa shape index (κ3) is 6.36. The number of hydrogen-bond acceptors (Lipinski definition) is 6. The van der Waals surface area contributed by atoms with Crippen LogP contribution in [0.4, 0.5) is 4.39 Å². The molecule has 0 heterocycles. The van der Waals surface area contributed by atoms with Crippen LogP contribution in [0.25, 0.3) is 0 Å². The van der Waals surface area contributed by atoms with Gasteiger partial charge in [0.25, 0.3) is 11.8 Å². The molecule has 0 atom stereocenters. The van der Waals surface area contributed by atoms with Crippen LogP contribution in [0.3, 0.4) is 0 Å². The maximum absolute atomic E-state index is 12.9. The van der Waals surface area contributed by atoms with Crippen molar-refractivity contribution in [2.24, 2.45) is 0 Å². The molecule has 29 heavy (non-hydrogen) atoms. The minimum absolute atomic E-state index is 0.199. The van der Waals surface area contributed by atoms with Crippen LogP contribution in [0.2, 0.25) is 0 Å². The lowest BCUT2D eigenvalue weighted by Crippen LogP contribution is -2.44. The van der Waals surface area contributed by atoms with Gasteiger partial charge in [0, 0.05) is 12.6 Å². The highest BCUT2D eigenvalue weighted by Gasteiger charge is 2.24. The maximum Gasteiger partial charge on any atom is 0.321 e. The van der Waals surface area contributed by atoms with Crippen LogP contribution in [0.1, 0.15) is 10.4 Å². The average Bonchev–Trinajstić information content (AvgIpc) is 2.71. The van der Waals surface area contributed by atoms with Crippen molar-refractivity contribution >= 4 is 27.8 Å². The number of rotatable bonds is 7. The molecule has 2 amide bonds. The second kappa shape index (κ2) is 9.75. The van der Waals surface area contributed by atoms with Gasteiger partial charge in [0.1, 0.15) is 12.4 Å². The summed E-state index contributed by atoms with van der Waals surface area (Å²) in [6.07, 6.45) is 0. The highest BCUT2D eigenvalue weighted by Crippen LogP contribution is 2.14. The first-order chi connectivity index (χ1) is 13.7. The second-order valence-electron chi connectivity index (χ2n) is 5.74. The summed E-state index contributed by atoms with van der Waals surface area (Å²) in [6, 6.07) is 12.2. The van der Waals surface area contributed by atoms with E-state index < -0.39 is 46.8 Å². The number of esters is 1. The van der Waals surface area contributed by atoms with Gasteiger partial charge in [0.2, 0.25) is 10.0 Å². The number of nitrogens with zero attached hydrogens (tertiary/aromatic N) is 1. The predicted molar refractivity (Wildman–Crippen MR) is 99.2 cm³/mol. The van der Waals surface area contributed by atoms with Crippen molar-refractivity contribution < 1.29 is 31.9 Å². The molecular formula is C18H18FN3O6S. The monoisotopic (exact) mass is 423 g/mol. The zero-order valence-electron chi connectivity index (χ0n) is 15.3. The van der Waals surface area contributed by atoms with E-state index in [0.717, 1.165) is 31.3 Å². The van der Waals surface area contributed by atoms with Crippen LogP contribution in [-0.4, -0.2) is 50.7 Å². The van der Waals surface area contributed by atoms with E-state index in [2.05, 4.69) is 10.9 Å². The molecule has 0 unspecified atom stereocenters. The third-order valence-electron chi connectivity index (χ3n) is 3.59. The van der Waals surface area contributed by atoms with Crippen molar-refractivity contribution in [3.63, 3.8) is 0 Å². The van der Waals surface area contributed by atoms with Gasteiger partial charge in [0.05, 0.1) is 4.90 Å². The number of nitrogens with one attached hydrogen (secondary N) is 2. The van der Waals surface area contributed by atoms with Crippen LogP contribution in [0.5, 0.6) is 0 Å². The van der Waals surface area contributed by atoms with E-state index in [1.807, 2.05) is 0 Å². The van der Waals surface area contributed by atoms with Gasteiger partial charge in [-0.2, -0.15) is 4.31 Å². The van der Waals surface area contributed by atoms with Gasteiger partial charge in [0.15, 0.2) is 6.61 Å². The van der Waals surface area contributed by atoms with Gasteiger partial charge in [-0.15, -0.1) is 0 Å². The van der Waals surface area contributed by atoms with Crippen molar-refractivity contribution in [1.82, 2.24) is 15.2 Å². The molecule has 0 aromatic heterocycles. The fourth-order valence-electron chi connectivity index (χ4n) is 2.07. The molecule has 0 saturated carbocycles. The number of carbonyl (C=O) groups excluding carboxylic acids is 3. The summed E-state index contributed by atoms with van der Waals surface area (Å²) < 4.78 is 42.9. The van der Waals surface area contributed by atoms with E-state index in [1.165, 1.54) is 0 Å². The number of carbonyl (C=O) groups is 3. The lowest BCUT2D eigenvalue weighted by Gasteiger charge is -2.16. The number of ether oxygens (including phenoxy) is 1. The SMILES string of the molecule is CN(CC(=O)OCC(=O)NNC(=O)c1ccccc1)S(=O)(=O)c1ccc(F)cc1. The maximum atomic E-state index is 12.9. The summed E-state index contributed by atoms with van der Waals surface area (Å²) in [4.78, 5) is 35.0. The number of benzene rings is 2. The quantitative estimate of drug-likeness (QED) is 0.493. The first-order valence-electron chi connectivity index (χ1n) is 8.22. The minimum Gasteiger partial charge on any atom is -0.455 e. The molecule has 0 aliphatic carbocycles. The summed E-state index contributed by atoms with van der Waals surface area (Å²) >= 11 is 0. The van der Waals surface area contributed by atoms with Crippen molar-refractivity contribution in [2.75, 3.05) is 20.2 Å². The number of amides is 2. The van der Waals surface area contributed by atoms with Crippen molar-refractivity contribution in [1.29, 1.82) is 0 Å². The number of likely N-dealkylation sites (N-methyl/N-ethyl adjacent to an activating group) is 1. The van der Waals surface area contributed by atoms with Crippen molar-refractivity contribution in [3.8, 4) is 0 Å². The normalized spacial score (nSPS) is 11.0. The molecule has 2 N–H and O–H groups in total. The van der Waals surface area contributed by atoms with Crippen LogP contribution in [0.15, 0.2) is 59.5 Å². The first kappa shape index (κ1) is 22.0. The lowest BCUT2D eigenvalue weighted by atomic mass is 10.2. The molecule has 2 aromatic rings. The molecule has 0 saturated heterocycles. The fourth-order valence-corrected chi connectivity index (χ4v) is 3.18. The Morgan fingerprint density at radius 3 is 2.24 bits per heavy atom. The van der Waals surface area contributed by atoms with Gasteiger partial charge >= 0.3 is 5.97 Å². The molecule has 9 nitrogen and oxygen atoms in total. The van der Waals surface area contributed by atoms with Crippen molar-refractivity contribution in [3.05, 3.63) is 66.0 Å². The molecule has 0 radical (unpaired) electrons. The Balaban J connectivity index is 1.79. The molecule has 0 bridgehead atoms. The fraction of sp³-hybridized carbons (Fsp3) is 0.167. The summed E-state index contributed by atoms with van der Waals surface area (Å²) in [6.45, 7) is -1.39. The summed E-state index contributed by atoms with van der Waals surface area (Å²) in [5.74, 6) is -2.96. The topological polar surface area (TPSA) is 122 Å². The summed E-state index contributed by atoms with van der Waals surface area (Å²) in [5, 5.41) is 0. The van der Waals surface area contributed by atoms with Gasteiger partial charge in [-0.3, -0.25) is 25.2 Å². The Hall–Kier alpha value is -3.31. The zero-order chi connectivity index (χ0) is 21.4. The predicted octanol–water partition coefficient (Wildman–Crippen LogP) is 0.451. The van der Waals surface area contributed by atoms with E-state index in [0.29, 0.717) is 9.87 Å². The average molecular weight is 423 g/mol. The molecule has 0 fully saturated rings. The highest BCUT2D eigenvalue weighted by atomic mass is 32.2. The molecule has 0 aliphatic rings. The Morgan fingerprint density at radius 1 is 1.00 bits per heavy atom. The van der Waals surface area contributed by atoms with Crippen LogP contribution in [-0.2, 0) is 24.3 Å². The molecule has 0 aliphatic heterocycles. The van der Waals surface area contributed by atoms with Gasteiger partial charge < -0.3 is 4.74 Å². The molecule has 2 rings (SSSR count). The largest absolute Gasteiger partial charge is 0.455 e. The molecule has 11 heteroatoms. The number of hydrogen-bond donors (Lipinski definition) is 2. The smallest absolute Gasteiger partial charge is 0.321 e. The summed E-state index contributed by atoms with van der Waals surface area (Å²) in [5.41, 5.74) is 4.53. The van der Waals surface area contributed by atoms with E-state index in [1.54, 1.807) is 30.3 Å². The van der Waals surface area contributed by atoms with Crippen molar-refractivity contribution in [2.45, 2.75) is 4.90 Å². The summed E-state index contributed by atoms with van der Waals surface area (Å²) in [7, 11) is -2.89. The molecule has 0 spiro atoms. The van der Waals surface area contributed by atoms with Crippen LogP contribution < -0.4 is 10.9 Å². The van der Waals surface area contributed by atoms with E-state index in [-0.39, 0.29) is 4.90 Å². The zero-order valence-corrected chi connectivity index (χ0v) is 16.1. The van der Waals surface area contributed by atoms with Gasteiger partial charge in [-0.1, -0.05) is 18.2 Å². The van der Waals surface area contributed by atoms with E-state index >= 15 is 0 Å². The Morgan fingerprint density at radius 2 is 1.62 bits per heavy atom. The highest BCUT2D eigenvalue weighted by molar-refractivity contribution is 7.89. The molecule has 2 aromatic carbocycles. The number of halogens is 1. The Labute approximate surface area is 166 Å². The Kier molecular flexibility index (Phi) is 7.39.